The Morgan fingerprint density at radius 1 is 1.02 bits per heavy atom. The molecular weight excluding hydrogens is 530 g/mol. The van der Waals surface area contributed by atoms with Gasteiger partial charge in [-0.3, -0.25) is 14.6 Å². The van der Waals surface area contributed by atoms with Crippen LogP contribution in [0, 0.1) is 12.7 Å². The minimum absolute atomic E-state index is 0.0139. The topological polar surface area (TPSA) is 54.5 Å². The molecule has 2 heterocycles. The van der Waals surface area contributed by atoms with E-state index in [9.17, 15) is 22.4 Å². The lowest BCUT2D eigenvalue weighted by atomic mass is 9.99. The van der Waals surface area contributed by atoms with E-state index in [2.05, 4.69) is 9.80 Å². The van der Waals surface area contributed by atoms with Gasteiger partial charge in [-0.05, 0) is 54.8 Å². The summed E-state index contributed by atoms with van der Waals surface area (Å²) in [6.45, 7) is 7.42. The van der Waals surface area contributed by atoms with Crippen molar-refractivity contribution in [1.29, 1.82) is 0 Å². The van der Waals surface area contributed by atoms with Crippen LogP contribution in [-0.4, -0.2) is 106 Å². The van der Waals surface area contributed by atoms with Crippen molar-refractivity contribution < 1.29 is 36.6 Å². The highest BCUT2D eigenvalue weighted by Crippen LogP contribution is 2.31. The van der Waals surface area contributed by atoms with Gasteiger partial charge in [0.2, 0.25) is 0 Å². The smallest absolute Gasteiger partial charge is 0.416 e. The summed E-state index contributed by atoms with van der Waals surface area (Å²) in [5.74, 6) is -0.820. The van der Waals surface area contributed by atoms with Crippen molar-refractivity contribution in [3.63, 3.8) is 0 Å². The van der Waals surface area contributed by atoms with E-state index in [4.69, 9.17) is 14.2 Å². The van der Waals surface area contributed by atoms with Crippen LogP contribution >= 0.6 is 0 Å². The van der Waals surface area contributed by atoms with E-state index in [1.54, 1.807) is 31.1 Å². The lowest BCUT2D eigenvalue weighted by Gasteiger charge is -2.43. The predicted molar refractivity (Wildman–Crippen MR) is 142 cm³/mol. The van der Waals surface area contributed by atoms with Crippen LogP contribution in [0.5, 0.6) is 5.75 Å². The number of ether oxygens (including phenoxy) is 3. The van der Waals surface area contributed by atoms with Crippen LogP contribution in [0.4, 0.5) is 17.6 Å². The van der Waals surface area contributed by atoms with E-state index in [-0.39, 0.29) is 23.5 Å². The average Bonchev–Trinajstić information content (AvgIpc) is 2.92. The normalized spacial score (nSPS) is 21.0. The lowest BCUT2D eigenvalue weighted by Crippen LogP contribution is -2.57. The molecule has 2 aliphatic heterocycles. The van der Waals surface area contributed by atoms with Crippen LogP contribution < -0.4 is 4.74 Å². The van der Waals surface area contributed by atoms with Crippen molar-refractivity contribution in [1.82, 2.24) is 14.7 Å². The first-order chi connectivity index (χ1) is 19.1. The Balaban J connectivity index is 1.52. The number of aryl methyl sites for hydroxylation is 1. The summed E-state index contributed by atoms with van der Waals surface area (Å²) < 4.78 is 70.6. The Labute approximate surface area is 232 Å². The number of piperazine rings is 1. The number of halogens is 4. The van der Waals surface area contributed by atoms with Crippen molar-refractivity contribution in [3.8, 4) is 5.75 Å². The van der Waals surface area contributed by atoms with Gasteiger partial charge in [-0.2, -0.15) is 13.2 Å². The Hall–Kier alpha value is -2.73. The molecule has 4 rings (SSSR count). The highest BCUT2D eigenvalue weighted by molar-refractivity contribution is 5.95. The maximum absolute atomic E-state index is 14.1. The molecule has 2 aliphatic rings. The Morgan fingerprint density at radius 2 is 1.77 bits per heavy atom. The Morgan fingerprint density at radius 3 is 2.48 bits per heavy atom. The van der Waals surface area contributed by atoms with Gasteiger partial charge in [0, 0.05) is 64.5 Å². The number of amides is 1. The number of benzene rings is 2. The summed E-state index contributed by atoms with van der Waals surface area (Å²) in [6.07, 6.45) is -4.11. The lowest BCUT2D eigenvalue weighted by molar-refractivity contribution is -0.137. The minimum atomic E-state index is -4.55. The Bertz CT molecular complexity index is 1160. The summed E-state index contributed by atoms with van der Waals surface area (Å²) in [5, 5.41) is 0. The molecule has 2 atom stereocenters. The number of nitrogens with zero attached hydrogens (tertiary/aromatic N) is 3. The summed E-state index contributed by atoms with van der Waals surface area (Å²) in [5.41, 5.74) is 0.319. The number of hydrogen-bond donors (Lipinski definition) is 0. The molecule has 0 unspecified atom stereocenters. The molecule has 0 radical (unpaired) electrons. The third kappa shape index (κ3) is 7.72. The van der Waals surface area contributed by atoms with Gasteiger partial charge < -0.3 is 19.1 Å². The second kappa shape index (κ2) is 13.3. The first kappa shape index (κ1) is 30.2. The van der Waals surface area contributed by atoms with Crippen molar-refractivity contribution in [2.75, 3.05) is 73.2 Å². The van der Waals surface area contributed by atoms with E-state index in [1.807, 2.05) is 0 Å². The highest BCUT2D eigenvalue weighted by atomic mass is 19.4. The van der Waals surface area contributed by atoms with Crippen molar-refractivity contribution in [2.24, 2.45) is 0 Å². The summed E-state index contributed by atoms with van der Waals surface area (Å²) in [4.78, 5) is 19.9. The molecule has 40 heavy (non-hydrogen) atoms. The van der Waals surface area contributed by atoms with E-state index in [1.165, 1.54) is 19.2 Å². The van der Waals surface area contributed by atoms with E-state index in [0.29, 0.717) is 44.8 Å². The SMILES string of the molecule is COC[C@@H]1CN(CCN2CCN(C(=O)c3cc(C)cc(C(F)(F)F)c3)[C@H](Cc3ccc(F)c(OC)c3)C2)CCO1. The molecule has 0 aromatic heterocycles. The minimum Gasteiger partial charge on any atom is -0.494 e. The highest BCUT2D eigenvalue weighted by Gasteiger charge is 2.35. The third-order valence-electron chi connectivity index (χ3n) is 7.47. The van der Waals surface area contributed by atoms with Crippen LogP contribution in [-0.2, 0) is 22.1 Å². The van der Waals surface area contributed by atoms with E-state index < -0.39 is 23.5 Å². The molecular formula is C29H37F4N3O4. The third-order valence-corrected chi connectivity index (χ3v) is 7.47. The largest absolute Gasteiger partial charge is 0.494 e. The molecule has 0 spiro atoms. The molecule has 0 aliphatic carbocycles. The van der Waals surface area contributed by atoms with Gasteiger partial charge in [0.15, 0.2) is 11.6 Å². The van der Waals surface area contributed by atoms with Crippen molar-refractivity contribution in [3.05, 3.63) is 64.5 Å². The van der Waals surface area contributed by atoms with Crippen molar-refractivity contribution in [2.45, 2.75) is 31.7 Å². The van der Waals surface area contributed by atoms with E-state index in [0.717, 1.165) is 43.9 Å². The molecule has 2 fully saturated rings. The molecule has 2 aromatic rings. The number of carbonyl (C=O) groups excluding carboxylic acids is 1. The second-order valence-electron chi connectivity index (χ2n) is 10.5. The van der Waals surface area contributed by atoms with Crippen LogP contribution in [0.2, 0.25) is 0 Å². The maximum Gasteiger partial charge on any atom is 0.416 e. The summed E-state index contributed by atoms with van der Waals surface area (Å²) in [6, 6.07) is 7.72. The van der Waals surface area contributed by atoms with Gasteiger partial charge >= 0.3 is 6.18 Å². The molecule has 2 saturated heterocycles. The first-order valence-corrected chi connectivity index (χ1v) is 13.4. The average molecular weight is 568 g/mol. The fourth-order valence-electron chi connectivity index (χ4n) is 5.46. The fraction of sp³-hybridized carbons (Fsp3) is 0.552. The summed E-state index contributed by atoms with van der Waals surface area (Å²) in [7, 11) is 3.04. The number of carbonyl (C=O) groups is 1. The standard InChI is InChI=1S/C29H37F4N3O4/c1-20-12-22(16-23(13-20)29(31,32)33)28(37)36-9-8-34(6-7-35-10-11-40-25(18-35)19-38-2)17-24(36)14-21-4-5-26(30)27(15-21)39-3/h4-5,12-13,15-16,24-25H,6-11,14,17-19H2,1-3H3/t24-,25+/m1/s1. The number of rotatable bonds is 9. The number of morpholine rings is 1. The van der Waals surface area contributed by atoms with Crippen LogP contribution in [0.3, 0.4) is 0 Å². The number of alkyl halides is 3. The molecule has 0 saturated carbocycles. The van der Waals surface area contributed by atoms with Crippen LogP contribution in [0.1, 0.15) is 27.0 Å². The zero-order valence-electron chi connectivity index (χ0n) is 23.2. The number of hydrogen-bond acceptors (Lipinski definition) is 6. The van der Waals surface area contributed by atoms with Gasteiger partial charge in [-0.25, -0.2) is 4.39 Å². The van der Waals surface area contributed by atoms with Gasteiger partial charge in [-0.15, -0.1) is 0 Å². The van der Waals surface area contributed by atoms with Gasteiger partial charge in [0.05, 0.1) is 32.0 Å². The van der Waals surface area contributed by atoms with Crippen molar-refractivity contribution >= 4 is 5.91 Å². The molecule has 0 N–H and O–H groups in total. The first-order valence-electron chi connectivity index (χ1n) is 13.4. The second-order valence-corrected chi connectivity index (χ2v) is 10.5. The quantitative estimate of drug-likeness (QED) is 0.429. The fourth-order valence-corrected chi connectivity index (χ4v) is 5.46. The molecule has 0 bridgehead atoms. The van der Waals surface area contributed by atoms with Gasteiger partial charge in [0.1, 0.15) is 0 Å². The van der Waals surface area contributed by atoms with Gasteiger partial charge in [0.25, 0.3) is 5.91 Å². The molecule has 11 heteroatoms. The van der Waals surface area contributed by atoms with Gasteiger partial charge in [-0.1, -0.05) is 6.07 Å². The monoisotopic (exact) mass is 567 g/mol. The molecule has 7 nitrogen and oxygen atoms in total. The molecule has 1 amide bonds. The van der Waals surface area contributed by atoms with Crippen LogP contribution in [0.25, 0.3) is 0 Å². The van der Waals surface area contributed by atoms with E-state index >= 15 is 0 Å². The maximum atomic E-state index is 14.1. The summed E-state index contributed by atoms with van der Waals surface area (Å²) >= 11 is 0. The Kier molecular flexibility index (Phi) is 10.0. The number of methoxy groups -OCH3 is 2. The molecule has 2 aromatic carbocycles. The predicted octanol–water partition coefficient (Wildman–Crippen LogP) is 3.88. The zero-order valence-corrected chi connectivity index (χ0v) is 23.2. The zero-order chi connectivity index (χ0) is 28.9. The van der Waals surface area contributed by atoms with Crippen LogP contribution in [0.15, 0.2) is 36.4 Å². The molecule has 220 valence electrons.